The van der Waals surface area contributed by atoms with Gasteiger partial charge in [-0.15, -0.1) is 0 Å². The average Bonchev–Trinajstić information content (AvgIpc) is 2.87. The van der Waals surface area contributed by atoms with Crippen molar-refractivity contribution in [3.05, 3.63) is 77.9 Å². The highest BCUT2D eigenvalue weighted by Gasteiger charge is 2.27. The van der Waals surface area contributed by atoms with Crippen LogP contribution in [0.5, 0.6) is 17.2 Å². The zero-order valence-electron chi connectivity index (χ0n) is 21.5. The molecule has 3 aromatic carbocycles. The van der Waals surface area contributed by atoms with Crippen LogP contribution in [0, 0.1) is 5.41 Å². The van der Waals surface area contributed by atoms with Crippen molar-refractivity contribution in [2.24, 2.45) is 5.73 Å². The van der Waals surface area contributed by atoms with E-state index in [1.165, 1.54) is 0 Å². The molecule has 4 rings (SSSR count). The SMILES string of the molecule is CCCc1cc(-c2ccc(C(=N)N)cc2)ccc1OCCOc1cccc(OC2CC(O)CC(C)O2)c1. The van der Waals surface area contributed by atoms with Crippen LogP contribution in [0.1, 0.15) is 44.2 Å². The van der Waals surface area contributed by atoms with Crippen LogP contribution in [-0.4, -0.2) is 42.7 Å². The predicted molar refractivity (Wildman–Crippen MR) is 145 cm³/mol. The molecule has 4 N–H and O–H groups in total. The summed E-state index contributed by atoms with van der Waals surface area (Å²) in [6, 6.07) is 21.3. The fourth-order valence-electron chi connectivity index (χ4n) is 4.45. The lowest BCUT2D eigenvalue weighted by Gasteiger charge is -2.31. The molecule has 1 aliphatic heterocycles. The van der Waals surface area contributed by atoms with Gasteiger partial charge in [-0.2, -0.15) is 0 Å². The van der Waals surface area contributed by atoms with Crippen molar-refractivity contribution in [3.8, 4) is 28.4 Å². The largest absolute Gasteiger partial charge is 0.490 e. The molecule has 3 unspecified atom stereocenters. The second kappa shape index (κ2) is 12.6. The summed E-state index contributed by atoms with van der Waals surface area (Å²) in [7, 11) is 0. The van der Waals surface area contributed by atoms with Crippen LogP contribution in [0.4, 0.5) is 0 Å². The van der Waals surface area contributed by atoms with Crippen LogP contribution in [0.3, 0.4) is 0 Å². The van der Waals surface area contributed by atoms with Gasteiger partial charge < -0.3 is 29.8 Å². The average molecular weight is 505 g/mol. The number of benzene rings is 3. The van der Waals surface area contributed by atoms with E-state index >= 15 is 0 Å². The Kier molecular flexibility index (Phi) is 9.04. The highest BCUT2D eigenvalue weighted by atomic mass is 16.7. The number of ether oxygens (including phenoxy) is 4. The Balaban J connectivity index is 1.32. The Morgan fingerprint density at radius 1 is 0.973 bits per heavy atom. The summed E-state index contributed by atoms with van der Waals surface area (Å²) in [5, 5.41) is 17.5. The van der Waals surface area contributed by atoms with Crippen LogP contribution in [0.2, 0.25) is 0 Å². The standard InChI is InChI=1S/C30H36N2O5/c1-3-5-24-17-23(21-8-10-22(11-9-21)30(31)32)12-13-28(24)35-15-14-34-26-6-4-7-27(19-26)37-29-18-25(33)16-20(2)36-29/h4,6-13,17,19-20,25,29,33H,3,5,14-16,18H2,1-2H3,(H3,31,32). The third-order valence-electron chi connectivity index (χ3n) is 6.24. The lowest BCUT2D eigenvalue weighted by atomic mass is 9.99. The molecule has 7 heteroatoms. The van der Waals surface area contributed by atoms with Crippen LogP contribution >= 0.6 is 0 Å². The van der Waals surface area contributed by atoms with Gasteiger partial charge in [-0.25, -0.2) is 0 Å². The van der Waals surface area contributed by atoms with Crippen LogP contribution in [0.25, 0.3) is 11.1 Å². The van der Waals surface area contributed by atoms with Crippen LogP contribution in [-0.2, 0) is 11.2 Å². The zero-order valence-corrected chi connectivity index (χ0v) is 21.5. The Hall–Kier alpha value is -3.55. The quantitative estimate of drug-likeness (QED) is 0.186. The minimum atomic E-state index is -0.468. The van der Waals surface area contributed by atoms with Crippen molar-refractivity contribution in [3.63, 3.8) is 0 Å². The maximum absolute atomic E-state index is 9.96. The Bertz CT molecular complexity index is 1170. The molecule has 37 heavy (non-hydrogen) atoms. The number of aliphatic hydroxyl groups excluding tert-OH is 1. The number of aliphatic hydroxyl groups is 1. The van der Waals surface area contributed by atoms with E-state index in [-0.39, 0.29) is 11.9 Å². The summed E-state index contributed by atoms with van der Waals surface area (Å²) in [4.78, 5) is 0. The molecule has 1 heterocycles. The van der Waals surface area contributed by atoms with E-state index < -0.39 is 12.4 Å². The van der Waals surface area contributed by atoms with Crippen molar-refractivity contribution in [1.82, 2.24) is 0 Å². The summed E-state index contributed by atoms with van der Waals surface area (Å²) in [5.41, 5.74) is 9.60. The normalized spacial score (nSPS) is 19.3. The third kappa shape index (κ3) is 7.47. The van der Waals surface area contributed by atoms with Gasteiger partial charge in [-0.3, -0.25) is 5.41 Å². The Morgan fingerprint density at radius 2 is 1.70 bits per heavy atom. The van der Waals surface area contributed by atoms with Gasteiger partial charge in [0, 0.05) is 18.1 Å². The lowest BCUT2D eigenvalue weighted by molar-refractivity contribution is -0.170. The number of nitrogens with two attached hydrogens (primary N) is 1. The minimum absolute atomic E-state index is 0.0377. The minimum Gasteiger partial charge on any atom is -0.490 e. The van der Waals surface area contributed by atoms with Gasteiger partial charge in [0.15, 0.2) is 0 Å². The second-order valence-corrected chi connectivity index (χ2v) is 9.35. The molecule has 7 nitrogen and oxygen atoms in total. The van der Waals surface area contributed by atoms with Crippen molar-refractivity contribution in [2.75, 3.05) is 13.2 Å². The van der Waals surface area contributed by atoms with E-state index in [0.29, 0.717) is 43.1 Å². The molecular weight excluding hydrogens is 468 g/mol. The topological polar surface area (TPSA) is 107 Å². The Morgan fingerprint density at radius 3 is 2.43 bits per heavy atom. The van der Waals surface area contributed by atoms with Crippen LogP contribution in [0.15, 0.2) is 66.7 Å². The summed E-state index contributed by atoms with van der Waals surface area (Å²) < 4.78 is 23.7. The van der Waals surface area contributed by atoms with Gasteiger partial charge in [0.25, 0.3) is 0 Å². The monoisotopic (exact) mass is 504 g/mol. The third-order valence-corrected chi connectivity index (χ3v) is 6.24. The summed E-state index contributed by atoms with van der Waals surface area (Å²) in [6.45, 7) is 4.88. The smallest absolute Gasteiger partial charge is 0.202 e. The number of rotatable bonds is 11. The van der Waals surface area contributed by atoms with E-state index in [1.807, 2.05) is 67.6 Å². The molecule has 3 atom stereocenters. The first-order valence-electron chi connectivity index (χ1n) is 12.8. The number of amidine groups is 1. The lowest BCUT2D eigenvalue weighted by Crippen LogP contribution is -2.37. The second-order valence-electron chi connectivity index (χ2n) is 9.35. The molecule has 0 radical (unpaired) electrons. The number of nitrogens with one attached hydrogen (secondary N) is 1. The first-order valence-corrected chi connectivity index (χ1v) is 12.8. The van der Waals surface area contributed by atoms with E-state index in [9.17, 15) is 5.11 Å². The van der Waals surface area contributed by atoms with Gasteiger partial charge in [-0.1, -0.05) is 49.7 Å². The predicted octanol–water partition coefficient (Wildman–Crippen LogP) is 5.31. The molecule has 0 spiro atoms. The van der Waals surface area contributed by atoms with E-state index in [2.05, 4.69) is 13.0 Å². The van der Waals surface area contributed by atoms with Gasteiger partial charge in [0.2, 0.25) is 6.29 Å². The molecule has 1 saturated heterocycles. The number of hydrogen-bond donors (Lipinski definition) is 3. The fourth-order valence-corrected chi connectivity index (χ4v) is 4.45. The summed E-state index contributed by atoms with van der Waals surface area (Å²) in [6.07, 6.45) is 2.07. The summed E-state index contributed by atoms with van der Waals surface area (Å²) >= 11 is 0. The molecule has 1 aliphatic rings. The highest BCUT2D eigenvalue weighted by molar-refractivity contribution is 5.95. The van der Waals surface area contributed by atoms with E-state index in [0.717, 1.165) is 35.3 Å². The van der Waals surface area contributed by atoms with Crippen molar-refractivity contribution < 1.29 is 24.1 Å². The number of hydrogen-bond acceptors (Lipinski definition) is 6. The summed E-state index contributed by atoms with van der Waals surface area (Å²) in [5.74, 6) is 2.25. The molecular formula is C30H36N2O5. The van der Waals surface area contributed by atoms with Crippen molar-refractivity contribution >= 4 is 5.84 Å². The number of aryl methyl sites for hydroxylation is 1. The van der Waals surface area contributed by atoms with Gasteiger partial charge in [0.05, 0.1) is 12.2 Å². The molecule has 0 aliphatic carbocycles. The molecule has 196 valence electrons. The van der Waals surface area contributed by atoms with Crippen LogP contribution < -0.4 is 19.9 Å². The first kappa shape index (κ1) is 26.5. The van der Waals surface area contributed by atoms with Gasteiger partial charge in [0.1, 0.15) is 36.3 Å². The van der Waals surface area contributed by atoms with E-state index in [1.54, 1.807) is 0 Å². The first-order chi connectivity index (χ1) is 17.9. The maximum atomic E-state index is 9.96. The fraction of sp³-hybridized carbons (Fsp3) is 0.367. The molecule has 0 amide bonds. The zero-order chi connectivity index (χ0) is 26.2. The van der Waals surface area contributed by atoms with Gasteiger partial charge >= 0.3 is 0 Å². The molecule has 0 saturated carbocycles. The van der Waals surface area contributed by atoms with Crippen molar-refractivity contribution in [2.45, 2.75) is 58.0 Å². The molecule has 1 fully saturated rings. The van der Waals surface area contributed by atoms with E-state index in [4.69, 9.17) is 30.1 Å². The molecule has 0 aromatic heterocycles. The highest BCUT2D eigenvalue weighted by Crippen LogP contribution is 2.29. The van der Waals surface area contributed by atoms with Crippen molar-refractivity contribution in [1.29, 1.82) is 5.41 Å². The number of nitrogen functional groups attached to an aromatic ring is 1. The molecule has 0 bridgehead atoms. The maximum Gasteiger partial charge on any atom is 0.202 e. The molecule has 3 aromatic rings. The van der Waals surface area contributed by atoms with Gasteiger partial charge in [-0.05, 0) is 60.7 Å². The Labute approximate surface area is 218 Å².